The number of aromatic nitrogens is 1. The molecule has 0 amide bonds. The summed E-state index contributed by atoms with van der Waals surface area (Å²) in [5, 5.41) is 20.7. The number of furan rings is 1. The minimum absolute atomic E-state index is 0. The van der Waals surface area contributed by atoms with Crippen molar-refractivity contribution in [2.45, 2.75) is 59.5 Å². The highest BCUT2D eigenvalue weighted by Gasteiger charge is 2.27. The van der Waals surface area contributed by atoms with Crippen molar-refractivity contribution in [2.24, 2.45) is 4.99 Å². The number of rotatable bonds is 8. The number of aliphatic hydroxyl groups is 1. The van der Waals surface area contributed by atoms with E-state index in [-0.39, 0.29) is 30.5 Å². The van der Waals surface area contributed by atoms with Gasteiger partial charge in [0.05, 0.1) is 17.2 Å². The van der Waals surface area contributed by atoms with Gasteiger partial charge in [-0.05, 0) is 33.8 Å². The highest BCUT2D eigenvalue weighted by molar-refractivity contribution is 14.0. The molecule has 0 spiro atoms. The molecule has 0 bridgehead atoms. The van der Waals surface area contributed by atoms with Crippen LogP contribution in [0.3, 0.4) is 0 Å². The van der Waals surface area contributed by atoms with E-state index in [0.717, 1.165) is 42.3 Å². The Morgan fingerprint density at radius 3 is 2.61 bits per heavy atom. The molecule has 2 heterocycles. The third-order valence-corrected chi connectivity index (χ3v) is 5.44. The van der Waals surface area contributed by atoms with Crippen LogP contribution in [0.2, 0.25) is 0 Å². The molecule has 0 fully saturated rings. The first-order valence-electron chi connectivity index (χ1n) is 9.49. The van der Waals surface area contributed by atoms with Crippen LogP contribution in [0.1, 0.15) is 61.4 Å². The van der Waals surface area contributed by atoms with Gasteiger partial charge in [0.1, 0.15) is 17.1 Å². The third-order valence-electron chi connectivity index (χ3n) is 4.25. The molecule has 1 unspecified atom stereocenters. The molecule has 0 aliphatic heterocycles. The van der Waals surface area contributed by atoms with Crippen LogP contribution in [-0.4, -0.2) is 35.7 Å². The van der Waals surface area contributed by atoms with E-state index in [1.54, 1.807) is 18.3 Å². The number of aryl methyl sites for hydroxylation is 2. The summed E-state index contributed by atoms with van der Waals surface area (Å²) < 4.78 is 5.54. The Morgan fingerprint density at radius 1 is 1.36 bits per heavy atom. The number of nitrogens with one attached hydrogen (secondary N) is 2. The maximum Gasteiger partial charge on any atom is 0.191 e. The van der Waals surface area contributed by atoms with E-state index < -0.39 is 5.60 Å². The third kappa shape index (κ3) is 7.04. The molecule has 2 rings (SSSR count). The molecule has 1 atom stereocenters. The molecule has 0 aliphatic carbocycles. The molecular formula is C20H33IN4O2S. The molecule has 6 nitrogen and oxygen atoms in total. The van der Waals surface area contributed by atoms with Crippen molar-refractivity contribution in [2.75, 3.05) is 19.6 Å². The maximum absolute atomic E-state index is 10.8. The number of hydrogen-bond donors (Lipinski definition) is 3. The lowest BCUT2D eigenvalue weighted by molar-refractivity contribution is 0.0657. The maximum atomic E-state index is 10.8. The van der Waals surface area contributed by atoms with Gasteiger partial charge in [0.15, 0.2) is 5.96 Å². The van der Waals surface area contributed by atoms with E-state index in [2.05, 4.69) is 39.8 Å². The van der Waals surface area contributed by atoms with E-state index in [1.807, 2.05) is 26.8 Å². The van der Waals surface area contributed by atoms with Gasteiger partial charge in [-0.3, -0.25) is 0 Å². The molecule has 28 heavy (non-hydrogen) atoms. The highest BCUT2D eigenvalue weighted by atomic mass is 127. The second-order valence-corrected chi connectivity index (χ2v) is 8.19. The summed E-state index contributed by atoms with van der Waals surface area (Å²) in [6.07, 6.45) is 0.837. The zero-order chi connectivity index (χ0) is 20.0. The van der Waals surface area contributed by atoms with Crippen LogP contribution in [0.15, 0.2) is 20.9 Å². The van der Waals surface area contributed by atoms with Crippen molar-refractivity contribution in [3.8, 4) is 0 Å². The standard InChI is InChI=1S/C20H32N4O2S.HI/c1-7-21-19(22-9-8-16-11-27-18(24-16)13(2)3)23-12-20(6,25)17-10-14(4)26-15(17)5;/h10-11,13,25H,7-9,12H2,1-6H3,(H2,21,22,23);1H. The largest absolute Gasteiger partial charge is 0.466 e. The Hall–Kier alpha value is -1.13. The number of hydrogen-bond acceptors (Lipinski definition) is 5. The number of nitrogens with zero attached hydrogens (tertiary/aromatic N) is 2. The summed E-state index contributed by atoms with van der Waals surface area (Å²) in [5.41, 5.74) is 0.803. The predicted molar refractivity (Wildman–Crippen MR) is 127 cm³/mol. The Labute approximate surface area is 189 Å². The Kier molecular flexibility index (Phi) is 9.92. The number of aliphatic imine (C=N–C) groups is 1. The fourth-order valence-corrected chi connectivity index (χ4v) is 3.71. The van der Waals surface area contributed by atoms with E-state index >= 15 is 0 Å². The van der Waals surface area contributed by atoms with Crippen LogP contribution in [0, 0.1) is 13.8 Å². The summed E-state index contributed by atoms with van der Waals surface area (Å²) in [6.45, 7) is 13.6. The van der Waals surface area contributed by atoms with Gasteiger partial charge in [0.25, 0.3) is 0 Å². The van der Waals surface area contributed by atoms with Gasteiger partial charge in [-0.25, -0.2) is 9.98 Å². The average Bonchev–Trinajstić information content (AvgIpc) is 3.19. The molecule has 3 N–H and O–H groups in total. The van der Waals surface area contributed by atoms with Crippen molar-refractivity contribution in [1.82, 2.24) is 15.6 Å². The second kappa shape index (κ2) is 11.2. The van der Waals surface area contributed by atoms with Gasteiger partial charge < -0.3 is 20.2 Å². The molecule has 0 aromatic carbocycles. The van der Waals surface area contributed by atoms with Crippen LogP contribution in [0.5, 0.6) is 0 Å². The van der Waals surface area contributed by atoms with Crippen molar-refractivity contribution >= 4 is 41.3 Å². The quantitative estimate of drug-likeness (QED) is 0.278. The summed E-state index contributed by atoms with van der Waals surface area (Å²) >= 11 is 1.71. The van der Waals surface area contributed by atoms with E-state index in [9.17, 15) is 5.11 Å². The van der Waals surface area contributed by atoms with E-state index in [0.29, 0.717) is 11.9 Å². The molecule has 8 heteroatoms. The van der Waals surface area contributed by atoms with Gasteiger partial charge in [-0.1, -0.05) is 13.8 Å². The minimum Gasteiger partial charge on any atom is -0.466 e. The SMILES string of the molecule is CCNC(=NCC(C)(O)c1cc(C)oc1C)NCCc1csc(C(C)C)n1.I. The molecule has 0 aliphatic rings. The average molecular weight is 520 g/mol. The Morgan fingerprint density at radius 2 is 2.07 bits per heavy atom. The first kappa shape index (κ1) is 24.9. The van der Waals surface area contributed by atoms with E-state index in [1.165, 1.54) is 5.01 Å². The van der Waals surface area contributed by atoms with Crippen molar-refractivity contribution in [3.63, 3.8) is 0 Å². The van der Waals surface area contributed by atoms with Crippen LogP contribution in [-0.2, 0) is 12.0 Å². The van der Waals surface area contributed by atoms with Gasteiger partial charge in [-0.2, -0.15) is 0 Å². The van der Waals surface area contributed by atoms with Gasteiger partial charge >= 0.3 is 0 Å². The molecular weight excluding hydrogens is 487 g/mol. The molecule has 158 valence electrons. The minimum atomic E-state index is -1.08. The lowest BCUT2D eigenvalue weighted by Gasteiger charge is -2.21. The number of halogens is 1. The van der Waals surface area contributed by atoms with Gasteiger partial charge in [0.2, 0.25) is 0 Å². The lowest BCUT2D eigenvalue weighted by atomic mass is 9.96. The first-order valence-corrected chi connectivity index (χ1v) is 10.4. The zero-order valence-electron chi connectivity index (χ0n) is 17.6. The lowest BCUT2D eigenvalue weighted by Crippen LogP contribution is -2.39. The Balaban J connectivity index is 0.00000392. The fourth-order valence-electron chi connectivity index (χ4n) is 2.84. The molecule has 0 saturated carbocycles. The monoisotopic (exact) mass is 520 g/mol. The summed E-state index contributed by atoms with van der Waals surface area (Å²) in [5.74, 6) is 2.68. The van der Waals surface area contributed by atoms with Crippen LogP contribution in [0.4, 0.5) is 0 Å². The summed E-state index contributed by atoms with van der Waals surface area (Å²) in [7, 11) is 0. The molecule has 2 aromatic rings. The van der Waals surface area contributed by atoms with Crippen molar-refractivity contribution in [3.05, 3.63) is 39.2 Å². The highest BCUT2D eigenvalue weighted by Crippen LogP contribution is 2.27. The van der Waals surface area contributed by atoms with E-state index in [4.69, 9.17) is 4.42 Å². The molecule has 0 radical (unpaired) electrons. The normalized spacial score (nSPS) is 13.9. The summed E-state index contributed by atoms with van der Waals surface area (Å²) in [6, 6.07) is 1.87. The van der Waals surface area contributed by atoms with Crippen LogP contribution in [0.25, 0.3) is 0 Å². The topological polar surface area (TPSA) is 82.7 Å². The number of thiazole rings is 1. The zero-order valence-corrected chi connectivity index (χ0v) is 20.8. The van der Waals surface area contributed by atoms with Crippen LogP contribution < -0.4 is 10.6 Å². The molecule has 0 saturated heterocycles. The van der Waals surface area contributed by atoms with Gasteiger partial charge in [-0.15, -0.1) is 35.3 Å². The second-order valence-electron chi connectivity index (χ2n) is 7.30. The van der Waals surface area contributed by atoms with Gasteiger partial charge in [0, 0.05) is 36.4 Å². The summed E-state index contributed by atoms with van der Waals surface area (Å²) in [4.78, 5) is 9.22. The smallest absolute Gasteiger partial charge is 0.191 e. The fraction of sp³-hybridized carbons (Fsp3) is 0.600. The molecule has 2 aromatic heterocycles. The van der Waals surface area contributed by atoms with Crippen molar-refractivity contribution < 1.29 is 9.52 Å². The predicted octanol–water partition coefficient (Wildman–Crippen LogP) is 4.10. The number of guanidine groups is 1. The Bertz CT molecular complexity index is 768. The van der Waals surface area contributed by atoms with Crippen molar-refractivity contribution in [1.29, 1.82) is 0 Å². The first-order chi connectivity index (χ1) is 12.7. The van der Waals surface area contributed by atoms with Crippen LogP contribution >= 0.6 is 35.3 Å².